The second kappa shape index (κ2) is 6.55. The first-order valence-corrected chi connectivity index (χ1v) is 5.26. The van der Waals surface area contributed by atoms with Gasteiger partial charge in [0.1, 0.15) is 0 Å². The molecule has 1 aromatic rings. The third kappa shape index (κ3) is 3.62. The van der Waals surface area contributed by atoms with Crippen LogP contribution in [0.3, 0.4) is 0 Å². The van der Waals surface area contributed by atoms with Gasteiger partial charge in [0, 0.05) is 24.8 Å². The molecule has 0 amide bonds. The predicted molar refractivity (Wildman–Crippen MR) is 57.4 cm³/mol. The fourth-order valence-corrected chi connectivity index (χ4v) is 1.39. The minimum Gasteiger partial charge on any atom is -0.394 e. The van der Waals surface area contributed by atoms with Crippen LogP contribution in [0.4, 0.5) is 0 Å². The van der Waals surface area contributed by atoms with Crippen molar-refractivity contribution in [2.24, 2.45) is 5.73 Å². The third-order valence-corrected chi connectivity index (χ3v) is 2.10. The predicted octanol–water partition coefficient (Wildman–Crippen LogP) is 0.302. The van der Waals surface area contributed by atoms with E-state index in [1.54, 1.807) is 6.20 Å². The summed E-state index contributed by atoms with van der Waals surface area (Å²) in [7, 11) is 0. The molecule has 0 fully saturated rings. The Bertz CT molecular complexity index is 275. The maximum Gasteiger partial charge on any atom is 0.0978 e. The van der Waals surface area contributed by atoms with Crippen LogP contribution in [0.2, 0.25) is 0 Å². The molecule has 1 unspecified atom stereocenters. The quantitative estimate of drug-likeness (QED) is 0.683. The van der Waals surface area contributed by atoms with Crippen LogP contribution in [0.1, 0.15) is 25.0 Å². The van der Waals surface area contributed by atoms with Gasteiger partial charge in [0.15, 0.2) is 0 Å². The number of rotatable bonds is 7. The van der Waals surface area contributed by atoms with Crippen molar-refractivity contribution in [1.29, 1.82) is 0 Å². The summed E-state index contributed by atoms with van der Waals surface area (Å²) in [6.07, 6.45) is 4.59. The van der Waals surface area contributed by atoms with E-state index in [-0.39, 0.29) is 12.7 Å². The van der Waals surface area contributed by atoms with E-state index in [9.17, 15) is 0 Å². The summed E-state index contributed by atoms with van der Waals surface area (Å²) in [6.45, 7) is 3.72. The number of nitrogens with two attached hydrogens (primary N) is 1. The van der Waals surface area contributed by atoms with E-state index >= 15 is 0 Å². The fraction of sp³-hybridized carbons (Fsp3) is 0.700. The van der Waals surface area contributed by atoms with E-state index in [1.165, 1.54) is 0 Å². The van der Waals surface area contributed by atoms with Gasteiger partial charge in [0.05, 0.1) is 25.5 Å². The fourth-order valence-electron chi connectivity index (χ4n) is 1.39. The van der Waals surface area contributed by atoms with E-state index in [0.717, 1.165) is 18.5 Å². The van der Waals surface area contributed by atoms with Gasteiger partial charge in [-0.05, 0) is 6.42 Å². The molecule has 0 aliphatic rings. The first kappa shape index (κ1) is 12.2. The molecule has 1 heterocycles. The monoisotopic (exact) mass is 213 g/mol. The highest BCUT2D eigenvalue weighted by Crippen LogP contribution is 2.14. The van der Waals surface area contributed by atoms with Crippen LogP contribution < -0.4 is 5.73 Å². The van der Waals surface area contributed by atoms with Crippen LogP contribution >= 0.6 is 0 Å². The van der Waals surface area contributed by atoms with Gasteiger partial charge in [-0.15, -0.1) is 0 Å². The van der Waals surface area contributed by atoms with Crippen LogP contribution in [0.25, 0.3) is 0 Å². The van der Waals surface area contributed by atoms with Crippen molar-refractivity contribution in [3.05, 3.63) is 18.0 Å². The van der Waals surface area contributed by atoms with Crippen LogP contribution in [0, 0.1) is 0 Å². The molecular formula is C10H19N3O2. The number of aliphatic hydroxyl groups excluding tert-OH is 1. The molecule has 0 saturated carbocycles. The zero-order valence-electron chi connectivity index (χ0n) is 9.09. The lowest BCUT2D eigenvalue weighted by molar-refractivity contribution is 0.0328. The van der Waals surface area contributed by atoms with Gasteiger partial charge in [-0.3, -0.25) is 4.68 Å². The standard InChI is InChI=1S/C10H19N3O2/c1-2-3-13-8-9(7-12-13)10(6-11)15-5-4-14/h7-8,10,14H,2-6,11H2,1H3. The SMILES string of the molecule is CCCn1cc(C(CN)OCCO)cn1. The average Bonchev–Trinajstić information content (AvgIpc) is 2.68. The zero-order chi connectivity index (χ0) is 11.1. The summed E-state index contributed by atoms with van der Waals surface area (Å²) < 4.78 is 7.26. The molecule has 5 heteroatoms. The number of hydrogen-bond acceptors (Lipinski definition) is 4. The molecule has 0 saturated heterocycles. The van der Waals surface area contributed by atoms with Gasteiger partial charge in [0.2, 0.25) is 0 Å². The molecule has 5 nitrogen and oxygen atoms in total. The van der Waals surface area contributed by atoms with Crippen LogP contribution in [-0.2, 0) is 11.3 Å². The maximum absolute atomic E-state index is 8.66. The van der Waals surface area contributed by atoms with Crippen molar-refractivity contribution in [3.8, 4) is 0 Å². The Hall–Kier alpha value is -0.910. The van der Waals surface area contributed by atoms with Crippen molar-refractivity contribution in [1.82, 2.24) is 9.78 Å². The van der Waals surface area contributed by atoms with Gasteiger partial charge in [-0.1, -0.05) is 6.92 Å². The van der Waals surface area contributed by atoms with Crippen LogP contribution in [0.15, 0.2) is 12.4 Å². The van der Waals surface area contributed by atoms with E-state index in [4.69, 9.17) is 15.6 Å². The molecule has 1 atom stereocenters. The number of aliphatic hydroxyl groups is 1. The minimum absolute atomic E-state index is 0.0135. The number of ether oxygens (including phenoxy) is 1. The highest BCUT2D eigenvalue weighted by Gasteiger charge is 2.11. The Kier molecular flexibility index (Phi) is 5.31. The Labute approximate surface area is 89.8 Å². The second-order valence-electron chi connectivity index (χ2n) is 3.36. The molecule has 0 radical (unpaired) electrons. The molecule has 86 valence electrons. The number of aromatic nitrogens is 2. The topological polar surface area (TPSA) is 73.3 Å². The molecule has 0 aromatic carbocycles. The highest BCUT2D eigenvalue weighted by molar-refractivity contribution is 5.08. The summed E-state index contributed by atoms with van der Waals surface area (Å²) in [5.41, 5.74) is 6.56. The second-order valence-corrected chi connectivity index (χ2v) is 3.36. The Morgan fingerprint density at radius 1 is 1.67 bits per heavy atom. The smallest absolute Gasteiger partial charge is 0.0978 e. The Balaban J connectivity index is 2.57. The minimum atomic E-state index is -0.164. The zero-order valence-corrected chi connectivity index (χ0v) is 9.09. The summed E-state index contributed by atoms with van der Waals surface area (Å²) in [5, 5.41) is 12.9. The van der Waals surface area contributed by atoms with Crippen LogP contribution in [0.5, 0.6) is 0 Å². The number of hydrogen-bond donors (Lipinski definition) is 2. The average molecular weight is 213 g/mol. The molecule has 15 heavy (non-hydrogen) atoms. The number of nitrogens with zero attached hydrogens (tertiary/aromatic N) is 2. The van der Waals surface area contributed by atoms with E-state index in [2.05, 4.69) is 12.0 Å². The largest absolute Gasteiger partial charge is 0.394 e. The van der Waals surface area contributed by atoms with Crippen LogP contribution in [-0.4, -0.2) is 34.6 Å². The molecule has 3 N–H and O–H groups in total. The Morgan fingerprint density at radius 3 is 3.07 bits per heavy atom. The molecule has 1 rings (SSSR count). The summed E-state index contributed by atoms with van der Waals surface area (Å²) in [4.78, 5) is 0. The molecule has 0 aliphatic carbocycles. The van der Waals surface area contributed by atoms with Crippen molar-refractivity contribution >= 4 is 0 Å². The molecule has 0 aliphatic heterocycles. The van der Waals surface area contributed by atoms with Gasteiger partial charge < -0.3 is 15.6 Å². The van der Waals surface area contributed by atoms with Gasteiger partial charge in [-0.25, -0.2) is 0 Å². The Morgan fingerprint density at radius 2 is 2.47 bits per heavy atom. The van der Waals surface area contributed by atoms with E-state index < -0.39 is 0 Å². The molecular weight excluding hydrogens is 194 g/mol. The lowest BCUT2D eigenvalue weighted by Gasteiger charge is -2.12. The van der Waals surface area contributed by atoms with Crippen molar-refractivity contribution in [2.75, 3.05) is 19.8 Å². The molecule has 1 aromatic heterocycles. The first-order valence-electron chi connectivity index (χ1n) is 5.26. The third-order valence-electron chi connectivity index (χ3n) is 2.10. The lowest BCUT2D eigenvalue weighted by Crippen LogP contribution is -2.17. The first-order chi connectivity index (χ1) is 7.31. The van der Waals surface area contributed by atoms with Gasteiger partial charge in [-0.2, -0.15) is 5.10 Å². The summed E-state index contributed by atoms with van der Waals surface area (Å²) in [6, 6.07) is 0. The van der Waals surface area contributed by atoms with Gasteiger partial charge in [0.25, 0.3) is 0 Å². The van der Waals surface area contributed by atoms with Crippen molar-refractivity contribution in [3.63, 3.8) is 0 Å². The van der Waals surface area contributed by atoms with Gasteiger partial charge >= 0.3 is 0 Å². The molecule has 0 spiro atoms. The van der Waals surface area contributed by atoms with E-state index in [0.29, 0.717) is 13.2 Å². The van der Waals surface area contributed by atoms with E-state index in [1.807, 2.05) is 10.9 Å². The lowest BCUT2D eigenvalue weighted by atomic mass is 10.2. The summed E-state index contributed by atoms with van der Waals surface area (Å²) in [5.74, 6) is 0. The highest BCUT2D eigenvalue weighted by atomic mass is 16.5. The van der Waals surface area contributed by atoms with Crippen molar-refractivity contribution in [2.45, 2.75) is 26.0 Å². The summed E-state index contributed by atoms with van der Waals surface area (Å²) >= 11 is 0. The molecule has 0 bridgehead atoms. The number of aryl methyl sites for hydroxylation is 1. The maximum atomic E-state index is 8.66. The normalized spacial score (nSPS) is 13.0. The van der Waals surface area contributed by atoms with Crippen molar-refractivity contribution < 1.29 is 9.84 Å².